The van der Waals surface area contributed by atoms with Crippen LogP contribution in [0.3, 0.4) is 0 Å². The van der Waals surface area contributed by atoms with Crippen molar-refractivity contribution in [2.45, 2.75) is 13.0 Å². The van der Waals surface area contributed by atoms with E-state index in [2.05, 4.69) is 21.9 Å². The number of esters is 1. The fourth-order valence-electron chi connectivity index (χ4n) is 1.97. The predicted octanol–water partition coefficient (Wildman–Crippen LogP) is 3.14. The molecule has 0 bridgehead atoms. The van der Waals surface area contributed by atoms with Gasteiger partial charge in [-0.3, -0.25) is 0 Å². The first-order chi connectivity index (χ1) is 12.2. The first-order valence-electron chi connectivity index (χ1n) is 7.81. The number of amides is 1. The minimum atomic E-state index is -0.465. The number of ether oxygens (including phenoxy) is 2. The van der Waals surface area contributed by atoms with Gasteiger partial charge in [0.25, 0.3) is 0 Å². The maximum absolute atomic E-state index is 11.6. The van der Waals surface area contributed by atoms with Gasteiger partial charge in [0.1, 0.15) is 6.61 Å². The van der Waals surface area contributed by atoms with Crippen LogP contribution in [0.4, 0.5) is 4.79 Å². The molecule has 1 amide bonds. The first-order valence-corrected chi connectivity index (χ1v) is 7.81. The van der Waals surface area contributed by atoms with Crippen molar-refractivity contribution in [3.8, 4) is 11.8 Å². The summed E-state index contributed by atoms with van der Waals surface area (Å²) in [7, 11) is 1.34. The molecule has 25 heavy (non-hydrogen) atoms. The highest BCUT2D eigenvalue weighted by molar-refractivity contribution is 5.89. The Bertz CT molecular complexity index is 758. The molecule has 0 aromatic heterocycles. The fourth-order valence-corrected chi connectivity index (χ4v) is 1.97. The van der Waals surface area contributed by atoms with Gasteiger partial charge < -0.3 is 14.8 Å². The second kappa shape index (κ2) is 9.78. The summed E-state index contributed by atoms with van der Waals surface area (Å²) in [5, 5.41) is 2.65. The third-order valence-electron chi connectivity index (χ3n) is 3.27. The van der Waals surface area contributed by atoms with Gasteiger partial charge in [-0.1, -0.05) is 42.2 Å². The van der Waals surface area contributed by atoms with Crippen molar-refractivity contribution in [1.82, 2.24) is 5.32 Å². The number of benzene rings is 2. The third-order valence-corrected chi connectivity index (χ3v) is 3.27. The summed E-state index contributed by atoms with van der Waals surface area (Å²) in [4.78, 5) is 22.9. The summed E-state index contributed by atoms with van der Waals surface area (Å²) in [6.45, 7) is 0.645. The second-order valence-electron chi connectivity index (χ2n) is 5.11. The maximum atomic E-state index is 11.6. The third kappa shape index (κ3) is 6.40. The Morgan fingerprint density at radius 3 is 2.44 bits per heavy atom. The van der Waals surface area contributed by atoms with Crippen LogP contribution in [0.15, 0.2) is 54.6 Å². The van der Waals surface area contributed by atoms with Crippen LogP contribution in [0.1, 0.15) is 27.9 Å². The molecule has 0 fully saturated rings. The van der Waals surface area contributed by atoms with E-state index in [1.54, 1.807) is 24.3 Å². The Balaban J connectivity index is 1.68. The molecule has 1 N–H and O–H groups in total. The summed E-state index contributed by atoms with van der Waals surface area (Å²) in [5.41, 5.74) is 2.21. The van der Waals surface area contributed by atoms with Crippen molar-refractivity contribution in [2.75, 3.05) is 13.7 Å². The minimum Gasteiger partial charge on any atom is -0.465 e. The van der Waals surface area contributed by atoms with Gasteiger partial charge in [-0.05, 0) is 29.8 Å². The SMILES string of the molecule is COC(=O)c1ccc(C#CCCNC(=O)OCc2ccccc2)cc1. The van der Waals surface area contributed by atoms with Gasteiger partial charge in [-0.15, -0.1) is 0 Å². The van der Waals surface area contributed by atoms with E-state index in [0.29, 0.717) is 18.5 Å². The molecule has 0 saturated carbocycles. The second-order valence-corrected chi connectivity index (χ2v) is 5.11. The zero-order chi connectivity index (χ0) is 17.9. The smallest absolute Gasteiger partial charge is 0.407 e. The molecule has 0 spiro atoms. The van der Waals surface area contributed by atoms with Crippen LogP contribution in [0, 0.1) is 11.8 Å². The standard InChI is InChI=1S/C20H19NO4/c1-24-19(22)18-12-10-16(11-13-18)7-5-6-14-21-20(23)25-15-17-8-3-2-4-9-17/h2-4,8-13H,6,14-15H2,1H3,(H,21,23). The topological polar surface area (TPSA) is 64.6 Å². The van der Waals surface area contributed by atoms with E-state index in [1.807, 2.05) is 30.3 Å². The molecule has 5 nitrogen and oxygen atoms in total. The van der Waals surface area contributed by atoms with Crippen molar-refractivity contribution in [1.29, 1.82) is 0 Å². The molecule has 0 atom stereocenters. The van der Waals surface area contributed by atoms with Crippen molar-refractivity contribution in [3.05, 3.63) is 71.3 Å². The average Bonchev–Trinajstić information content (AvgIpc) is 2.67. The maximum Gasteiger partial charge on any atom is 0.407 e. The highest BCUT2D eigenvalue weighted by atomic mass is 16.5. The molecule has 0 aliphatic rings. The molecule has 0 saturated heterocycles. The predicted molar refractivity (Wildman–Crippen MR) is 93.9 cm³/mol. The van der Waals surface area contributed by atoms with Gasteiger partial charge >= 0.3 is 12.1 Å². The molecular weight excluding hydrogens is 318 g/mol. The Hall–Kier alpha value is -3.26. The van der Waals surface area contributed by atoms with Gasteiger partial charge in [0.05, 0.1) is 12.7 Å². The van der Waals surface area contributed by atoms with Crippen LogP contribution in [0.2, 0.25) is 0 Å². The molecular formula is C20H19NO4. The number of methoxy groups -OCH3 is 1. The van der Waals surface area contributed by atoms with Crippen LogP contribution in [-0.2, 0) is 16.1 Å². The summed E-state index contributed by atoms with van der Waals surface area (Å²) < 4.78 is 9.73. The molecule has 2 aromatic rings. The summed E-state index contributed by atoms with van der Waals surface area (Å²) in [5.74, 6) is 5.55. The number of carbonyl (C=O) groups excluding carboxylic acids is 2. The van der Waals surface area contributed by atoms with Gasteiger partial charge in [0, 0.05) is 18.5 Å². The number of rotatable bonds is 5. The lowest BCUT2D eigenvalue weighted by molar-refractivity contribution is 0.0600. The lowest BCUT2D eigenvalue weighted by atomic mass is 10.1. The molecule has 0 unspecified atom stereocenters. The number of nitrogens with one attached hydrogen (secondary N) is 1. The highest BCUT2D eigenvalue weighted by Crippen LogP contribution is 2.04. The zero-order valence-corrected chi connectivity index (χ0v) is 14.0. The highest BCUT2D eigenvalue weighted by Gasteiger charge is 2.03. The van der Waals surface area contributed by atoms with Crippen molar-refractivity contribution in [3.63, 3.8) is 0 Å². The van der Waals surface area contributed by atoms with E-state index in [1.165, 1.54) is 7.11 Å². The Kier molecular flexibility index (Phi) is 7.08. The Labute approximate surface area is 147 Å². The molecule has 5 heteroatoms. The molecule has 128 valence electrons. The Morgan fingerprint density at radius 1 is 1.04 bits per heavy atom. The molecule has 0 aliphatic carbocycles. The lowest BCUT2D eigenvalue weighted by Crippen LogP contribution is -2.24. The molecule has 2 aromatic carbocycles. The number of hydrogen-bond acceptors (Lipinski definition) is 4. The molecule has 0 radical (unpaired) electrons. The van der Waals surface area contributed by atoms with Gasteiger partial charge in [0.2, 0.25) is 0 Å². The van der Waals surface area contributed by atoms with Crippen LogP contribution >= 0.6 is 0 Å². The number of hydrogen-bond donors (Lipinski definition) is 1. The van der Waals surface area contributed by atoms with Crippen molar-refractivity contribution >= 4 is 12.1 Å². The summed E-state index contributed by atoms with van der Waals surface area (Å²) in [6.07, 6.45) is 0.0345. The zero-order valence-electron chi connectivity index (χ0n) is 14.0. The summed E-state index contributed by atoms with van der Waals surface area (Å²) in [6, 6.07) is 16.3. The average molecular weight is 337 g/mol. The van der Waals surface area contributed by atoms with Crippen molar-refractivity contribution < 1.29 is 19.1 Å². The number of carbonyl (C=O) groups is 2. The monoisotopic (exact) mass is 337 g/mol. The van der Waals surface area contributed by atoms with E-state index in [4.69, 9.17) is 4.74 Å². The van der Waals surface area contributed by atoms with Crippen LogP contribution < -0.4 is 5.32 Å². The van der Waals surface area contributed by atoms with E-state index in [-0.39, 0.29) is 12.6 Å². The molecule has 0 aliphatic heterocycles. The van der Waals surface area contributed by atoms with Crippen LogP contribution in [-0.4, -0.2) is 25.7 Å². The van der Waals surface area contributed by atoms with Gasteiger partial charge in [-0.25, -0.2) is 9.59 Å². The van der Waals surface area contributed by atoms with E-state index >= 15 is 0 Å². The quantitative estimate of drug-likeness (QED) is 0.517. The summed E-state index contributed by atoms with van der Waals surface area (Å²) >= 11 is 0. The van der Waals surface area contributed by atoms with E-state index < -0.39 is 6.09 Å². The normalized spacial score (nSPS) is 9.48. The molecule has 0 heterocycles. The largest absolute Gasteiger partial charge is 0.465 e. The molecule has 2 rings (SSSR count). The van der Waals surface area contributed by atoms with Crippen LogP contribution in [0.5, 0.6) is 0 Å². The van der Waals surface area contributed by atoms with Crippen LogP contribution in [0.25, 0.3) is 0 Å². The van der Waals surface area contributed by atoms with Crippen molar-refractivity contribution in [2.24, 2.45) is 0 Å². The van der Waals surface area contributed by atoms with Gasteiger partial charge in [0.15, 0.2) is 0 Å². The van der Waals surface area contributed by atoms with Gasteiger partial charge in [-0.2, -0.15) is 0 Å². The number of alkyl carbamates (subject to hydrolysis) is 1. The first kappa shape index (κ1) is 18.1. The lowest BCUT2D eigenvalue weighted by Gasteiger charge is -2.05. The minimum absolute atomic E-state index is 0.241. The van der Waals surface area contributed by atoms with E-state index in [0.717, 1.165) is 11.1 Å². The fraction of sp³-hybridized carbons (Fsp3) is 0.200. The Morgan fingerprint density at radius 2 is 1.76 bits per heavy atom. The van der Waals surface area contributed by atoms with E-state index in [9.17, 15) is 9.59 Å².